The lowest BCUT2D eigenvalue weighted by Gasteiger charge is -1.93. The number of nitrogens with one attached hydrogen (secondary N) is 1. The van der Waals surface area contributed by atoms with E-state index in [-0.39, 0.29) is 5.91 Å². The van der Waals surface area contributed by atoms with Gasteiger partial charge >= 0.3 is 0 Å². The number of nitriles is 1. The highest BCUT2D eigenvalue weighted by atomic mass is 32.2. The Bertz CT molecular complexity index is 1240. The molecular weight excluding hydrogens is 378 g/mol. The highest BCUT2D eigenvalue weighted by Gasteiger charge is 2.22. The summed E-state index contributed by atoms with van der Waals surface area (Å²) in [6.45, 7) is 0. The van der Waals surface area contributed by atoms with Crippen LogP contribution in [0.1, 0.15) is 22.5 Å². The molecule has 1 aliphatic rings. The molecule has 1 N–H and O–H groups in total. The Morgan fingerprint density at radius 3 is 2.85 bits per heavy atom. The van der Waals surface area contributed by atoms with Crippen molar-refractivity contribution in [3.8, 4) is 17.9 Å². The zero-order chi connectivity index (χ0) is 18.8. The Morgan fingerprint density at radius 1 is 1.22 bits per heavy atom. The van der Waals surface area contributed by atoms with E-state index in [9.17, 15) is 4.79 Å². The van der Waals surface area contributed by atoms with Crippen LogP contribution in [-0.2, 0) is 4.79 Å². The molecule has 0 spiro atoms. The highest BCUT2D eigenvalue weighted by molar-refractivity contribution is 8.26. The Labute approximate surface area is 164 Å². The Hall–Kier alpha value is -3.39. The zero-order valence-corrected chi connectivity index (χ0v) is 15.3. The summed E-state index contributed by atoms with van der Waals surface area (Å²) in [5.74, 6) is 6.35. The molecule has 3 aromatic rings. The summed E-state index contributed by atoms with van der Waals surface area (Å²) >= 11 is 6.18. The van der Waals surface area contributed by atoms with Gasteiger partial charge in [0.05, 0.1) is 22.1 Å². The van der Waals surface area contributed by atoms with Gasteiger partial charge in [0, 0.05) is 29.4 Å². The van der Waals surface area contributed by atoms with Crippen molar-refractivity contribution >= 4 is 51.3 Å². The van der Waals surface area contributed by atoms with Crippen LogP contribution in [0.25, 0.3) is 17.0 Å². The van der Waals surface area contributed by atoms with Crippen molar-refractivity contribution in [1.82, 2.24) is 10.3 Å². The van der Waals surface area contributed by atoms with E-state index in [1.807, 2.05) is 6.07 Å². The molecule has 27 heavy (non-hydrogen) atoms. The first-order valence-corrected chi connectivity index (χ1v) is 8.99. The van der Waals surface area contributed by atoms with Crippen molar-refractivity contribution < 1.29 is 9.21 Å². The topological polar surface area (TPSA) is 78.9 Å². The number of nitrogens with zero attached hydrogens (tertiary/aromatic N) is 2. The molecule has 2 aromatic heterocycles. The number of thioether (sulfide) groups is 1. The second-order valence-electron chi connectivity index (χ2n) is 5.55. The maximum absolute atomic E-state index is 11.8. The fraction of sp³-hybridized carbons (Fsp3) is 0. The van der Waals surface area contributed by atoms with Crippen molar-refractivity contribution in [2.75, 3.05) is 0 Å². The summed E-state index contributed by atoms with van der Waals surface area (Å²) in [6.07, 6.45) is 4.94. The fourth-order valence-corrected chi connectivity index (χ4v) is 3.52. The van der Waals surface area contributed by atoms with Crippen LogP contribution in [-0.4, -0.2) is 15.2 Å². The number of amides is 1. The zero-order valence-electron chi connectivity index (χ0n) is 13.6. The number of fused-ring (bicyclic) bond motifs is 1. The Kier molecular flexibility index (Phi) is 4.47. The van der Waals surface area contributed by atoms with Gasteiger partial charge in [0.2, 0.25) is 0 Å². The van der Waals surface area contributed by atoms with E-state index in [1.165, 1.54) is 11.8 Å². The van der Waals surface area contributed by atoms with Crippen LogP contribution < -0.4 is 5.32 Å². The molecule has 4 rings (SSSR count). The standard InChI is InChI=1S/C20H9N3O2S2/c21-9-13-3-1-2-12(6-13)4-5-14-10-22-11-15-7-16(25-18(14)15)8-17-19(24)23-20(26)27-17/h1-3,6-8,10-11H,(H,23,24,26). The minimum atomic E-state index is -0.235. The van der Waals surface area contributed by atoms with E-state index in [0.717, 1.165) is 10.9 Å². The molecule has 0 radical (unpaired) electrons. The molecule has 3 heterocycles. The number of carbonyl (C=O) groups is 1. The molecule has 1 fully saturated rings. The average molecular weight is 387 g/mol. The van der Waals surface area contributed by atoms with Crippen LogP contribution >= 0.6 is 24.0 Å². The quantitative estimate of drug-likeness (QED) is 0.391. The molecule has 1 aromatic carbocycles. The molecule has 0 unspecified atom stereocenters. The minimum absolute atomic E-state index is 0.235. The van der Waals surface area contributed by atoms with Gasteiger partial charge in [-0.3, -0.25) is 9.78 Å². The summed E-state index contributed by atoms with van der Waals surface area (Å²) in [4.78, 5) is 16.5. The van der Waals surface area contributed by atoms with Gasteiger partial charge in [0.15, 0.2) is 5.58 Å². The molecule has 0 bridgehead atoms. The summed E-state index contributed by atoms with van der Waals surface area (Å²) in [6, 6.07) is 10.9. The second kappa shape index (κ2) is 7.08. The monoisotopic (exact) mass is 387 g/mol. The lowest BCUT2D eigenvalue weighted by molar-refractivity contribution is -0.115. The van der Waals surface area contributed by atoms with Gasteiger partial charge < -0.3 is 9.73 Å². The number of carbonyl (C=O) groups excluding carboxylic acids is 1. The first kappa shape index (κ1) is 17.0. The summed E-state index contributed by atoms with van der Waals surface area (Å²) in [5.41, 5.74) is 2.49. The van der Waals surface area contributed by atoms with E-state index in [1.54, 1.807) is 42.7 Å². The maximum atomic E-state index is 11.8. The highest BCUT2D eigenvalue weighted by Crippen LogP contribution is 2.29. The molecule has 0 saturated carbocycles. The SMILES string of the molecule is N#Cc1cccc(C#Cc2cncc3cc(C=C4SC(=S)NC4=O)oc23)c1. The van der Waals surface area contributed by atoms with E-state index in [4.69, 9.17) is 21.9 Å². The lowest BCUT2D eigenvalue weighted by Crippen LogP contribution is -2.17. The van der Waals surface area contributed by atoms with Gasteiger partial charge in [-0.1, -0.05) is 41.9 Å². The lowest BCUT2D eigenvalue weighted by atomic mass is 10.1. The van der Waals surface area contributed by atoms with Gasteiger partial charge in [-0.25, -0.2) is 0 Å². The van der Waals surface area contributed by atoms with E-state index in [0.29, 0.717) is 31.7 Å². The number of aromatic nitrogens is 1. The van der Waals surface area contributed by atoms with E-state index >= 15 is 0 Å². The first-order valence-electron chi connectivity index (χ1n) is 7.77. The normalized spacial score (nSPS) is 14.7. The number of hydrogen-bond donors (Lipinski definition) is 1. The van der Waals surface area contributed by atoms with Crippen molar-refractivity contribution in [2.45, 2.75) is 0 Å². The van der Waals surface area contributed by atoms with Gasteiger partial charge in [-0.15, -0.1) is 0 Å². The minimum Gasteiger partial charge on any atom is -0.455 e. The molecule has 1 aliphatic heterocycles. The Balaban J connectivity index is 1.71. The molecule has 1 saturated heterocycles. The second-order valence-corrected chi connectivity index (χ2v) is 7.27. The number of hydrogen-bond acceptors (Lipinski definition) is 6. The summed E-state index contributed by atoms with van der Waals surface area (Å²) in [7, 11) is 0. The summed E-state index contributed by atoms with van der Waals surface area (Å²) in [5, 5.41) is 12.3. The number of rotatable bonds is 1. The fourth-order valence-electron chi connectivity index (χ4n) is 2.50. The van der Waals surface area contributed by atoms with Crippen LogP contribution in [0.3, 0.4) is 0 Å². The third-order valence-corrected chi connectivity index (χ3v) is 4.85. The average Bonchev–Trinajstić information content (AvgIpc) is 3.22. The van der Waals surface area contributed by atoms with Crippen molar-refractivity contribution in [3.63, 3.8) is 0 Å². The van der Waals surface area contributed by atoms with Crippen molar-refractivity contribution in [2.24, 2.45) is 0 Å². The van der Waals surface area contributed by atoms with Gasteiger partial charge in [-0.2, -0.15) is 5.26 Å². The molecule has 0 atom stereocenters. The third-order valence-electron chi connectivity index (χ3n) is 3.69. The molecule has 0 aliphatic carbocycles. The van der Waals surface area contributed by atoms with E-state index < -0.39 is 0 Å². The molecule has 1 amide bonds. The summed E-state index contributed by atoms with van der Waals surface area (Å²) < 4.78 is 6.30. The van der Waals surface area contributed by atoms with Gasteiger partial charge in [0.1, 0.15) is 10.1 Å². The van der Waals surface area contributed by atoms with Crippen LogP contribution in [0.5, 0.6) is 0 Å². The molecule has 5 nitrogen and oxygen atoms in total. The molecule has 128 valence electrons. The number of furan rings is 1. The van der Waals surface area contributed by atoms with Crippen LogP contribution in [0, 0.1) is 23.2 Å². The van der Waals surface area contributed by atoms with Gasteiger partial charge in [-0.05, 0) is 24.3 Å². The van der Waals surface area contributed by atoms with Crippen LogP contribution in [0.4, 0.5) is 0 Å². The predicted octanol–water partition coefficient (Wildman–Crippen LogP) is 3.59. The number of pyridine rings is 1. The molecule has 7 heteroatoms. The van der Waals surface area contributed by atoms with Crippen LogP contribution in [0.2, 0.25) is 0 Å². The van der Waals surface area contributed by atoms with E-state index in [2.05, 4.69) is 28.2 Å². The predicted molar refractivity (Wildman–Crippen MR) is 107 cm³/mol. The maximum Gasteiger partial charge on any atom is 0.263 e. The van der Waals surface area contributed by atoms with Crippen molar-refractivity contribution in [1.29, 1.82) is 5.26 Å². The smallest absolute Gasteiger partial charge is 0.263 e. The number of benzene rings is 1. The number of thiocarbonyl (C=S) groups is 1. The first-order chi connectivity index (χ1) is 13.1. The van der Waals surface area contributed by atoms with Crippen LogP contribution in [0.15, 0.2) is 52.0 Å². The molecular formula is C20H9N3O2S2. The third kappa shape index (κ3) is 3.61. The largest absolute Gasteiger partial charge is 0.455 e. The van der Waals surface area contributed by atoms with Gasteiger partial charge in [0.25, 0.3) is 5.91 Å². The van der Waals surface area contributed by atoms with Crippen molar-refractivity contribution in [3.05, 3.63) is 70.1 Å². The Morgan fingerprint density at radius 2 is 2.07 bits per heavy atom.